The third-order valence-electron chi connectivity index (χ3n) is 2.12. The zero-order valence-electron chi connectivity index (χ0n) is 8.92. The highest BCUT2D eigenvalue weighted by atomic mass is 32.1. The van der Waals surface area contributed by atoms with Crippen molar-refractivity contribution in [2.24, 2.45) is 5.41 Å². The van der Waals surface area contributed by atoms with Gasteiger partial charge in [0, 0.05) is 18.0 Å². The molecular formula is C11H16N2S. The maximum atomic E-state index is 8.82. The molecule has 1 aromatic heterocycles. The van der Waals surface area contributed by atoms with Gasteiger partial charge in [-0.1, -0.05) is 0 Å². The van der Waals surface area contributed by atoms with Gasteiger partial charge < -0.3 is 5.32 Å². The highest BCUT2D eigenvalue weighted by molar-refractivity contribution is 7.10. The van der Waals surface area contributed by atoms with E-state index in [0.717, 1.165) is 13.1 Å². The second-order valence-electron chi connectivity index (χ2n) is 4.13. The fourth-order valence-corrected chi connectivity index (χ4v) is 1.99. The van der Waals surface area contributed by atoms with E-state index in [1.54, 1.807) is 11.3 Å². The van der Waals surface area contributed by atoms with Crippen molar-refractivity contribution < 1.29 is 0 Å². The average Bonchev–Trinajstić information content (AvgIpc) is 2.52. The van der Waals surface area contributed by atoms with Crippen LogP contribution in [0.2, 0.25) is 0 Å². The number of nitrogens with one attached hydrogen (secondary N) is 1. The van der Waals surface area contributed by atoms with E-state index in [1.165, 1.54) is 10.4 Å². The summed E-state index contributed by atoms with van der Waals surface area (Å²) in [6.07, 6.45) is 0. The maximum absolute atomic E-state index is 8.82. The molecular weight excluding hydrogens is 192 g/mol. The predicted octanol–water partition coefficient (Wildman–Crippen LogP) is 2.70. The predicted molar refractivity (Wildman–Crippen MR) is 60.2 cm³/mol. The fraction of sp³-hybridized carbons (Fsp3) is 0.545. The maximum Gasteiger partial charge on any atom is 0.0697 e. The van der Waals surface area contributed by atoms with Crippen LogP contribution < -0.4 is 5.32 Å². The molecule has 1 N–H and O–H groups in total. The standard InChI is InChI=1S/C11H16N2S/c1-9-4-5-14-10(9)6-13-8-11(2,3)7-12/h4-5,13H,6,8H2,1-3H3. The first kappa shape index (κ1) is 11.2. The Morgan fingerprint density at radius 3 is 2.79 bits per heavy atom. The lowest BCUT2D eigenvalue weighted by atomic mass is 9.96. The van der Waals surface area contributed by atoms with Gasteiger partial charge in [0.2, 0.25) is 0 Å². The zero-order valence-corrected chi connectivity index (χ0v) is 9.74. The van der Waals surface area contributed by atoms with Gasteiger partial charge >= 0.3 is 0 Å². The number of thiophene rings is 1. The molecule has 0 aromatic carbocycles. The number of hydrogen-bond acceptors (Lipinski definition) is 3. The Labute approximate surface area is 89.6 Å². The monoisotopic (exact) mass is 208 g/mol. The third kappa shape index (κ3) is 3.13. The van der Waals surface area contributed by atoms with E-state index >= 15 is 0 Å². The first-order chi connectivity index (χ1) is 6.55. The smallest absolute Gasteiger partial charge is 0.0697 e. The molecule has 0 saturated carbocycles. The van der Waals surface area contributed by atoms with Gasteiger partial charge in [-0.3, -0.25) is 0 Å². The van der Waals surface area contributed by atoms with E-state index in [0.29, 0.717) is 0 Å². The summed E-state index contributed by atoms with van der Waals surface area (Å²) in [5, 5.41) is 14.2. The van der Waals surface area contributed by atoms with Gasteiger partial charge in [0.1, 0.15) is 0 Å². The topological polar surface area (TPSA) is 35.8 Å². The van der Waals surface area contributed by atoms with Crippen LogP contribution in [0.5, 0.6) is 0 Å². The first-order valence-electron chi connectivity index (χ1n) is 4.70. The molecule has 0 unspecified atom stereocenters. The summed E-state index contributed by atoms with van der Waals surface area (Å²) in [4.78, 5) is 1.36. The summed E-state index contributed by atoms with van der Waals surface area (Å²) in [5.41, 5.74) is 1.06. The molecule has 0 spiro atoms. The molecule has 1 heterocycles. The first-order valence-corrected chi connectivity index (χ1v) is 5.58. The van der Waals surface area contributed by atoms with Crippen LogP contribution in [0.15, 0.2) is 11.4 Å². The summed E-state index contributed by atoms with van der Waals surface area (Å²) < 4.78 is 0. The minimum Gasteiger partial charge on any atom is -0.310 e. The number of aryl methyl sites for hydroxylation is 1. The van der Waals surface area contributed by atoms with E-state index in [2.05, 4.69) is 29.8 Å². The van der Waals surface area contributed by atoms with Gasteiger partial charge in [-0.05, 0) is 37.8 Å². The van der Waals surface area contributed by atoms with E-state index in [1.807, 2.05) is 13.8 Å². The molecule has 76 valence electrons. The Balaban J connectivity index is 2.37. The SMILES string of the molecule is Cc1ccsc1CNCC(C)(C)C#N. The summed E-state index contributed by atoms with van der Waals surface area (Å²) in [6, 6.07) is 4.40. The van der Waals surface area contributed by atoms with Crippen LogP contribution in [-0.4, -0.2) is 6.54 Å². The molecule has 0 atom stereocenters. The molecule has 0 saturated heterocycles. The fourth-order valence-electron chi connectivity index (χ4n) is 1.11. The van der Waals surface area contributed by atoms with Crippen LogP contribution in [0.25, 0.3) is 0 Å². The molecule has 0 bridgehead atoms. The van der Waals surface area contributed by atoms with Gasteiger partial charge in [-0.15, -0.1) is 11.3 Å². The van der Waals surface area contributed by atoms with E-state index in [-0.39, 0.29) is 5.41 Å². The Bertz CT molecular complexity index is 333. The molecule has 1 aromatic rings. The van der Waals surface area contributed by atoms with E-state index in [9.17, 15) is 0 Å². The lowest BCUT2D eigenvalue weighted by Crippen LogP contribution is -2.27. The van der Waals surface area contributed by atoms with Crippen molar-refractivity contribution >= 4 is 11.3 Å². The lowest BCUT2D eigenvalue weighted by Gasteiger charge is -2.15. The van der Waals surface area contributed by atoms with Gasteiger partial charge in [0.25, 0.3) is 0 Å². The second kappa shape index (κ2) is 4.59. The van der Waals surface area contributed by atoms with Crippen molar-refractivity contribution in [3.05, 3.63) is 21.9 Å². The minimum absolute atomic E-state index is 0.273. The Morgan fingerprint density at radius 1 is 1.57 bits per heavy atom. The Hall–Kier alpha value is -0.850. The summed E-state index contributed by atoms with van der Waals surface area (Å²) in [5.74, 6) is 0. The van der Waals surface area contributed by atoms with Crippen LogP contribution in [-0.2, 0) is 6.54 Å². The lowest BCUT2D eigenvalue weighted by molar-refractivity contribution is 0.446. The minimum atomic E-state index is -0.273. The van der Waals surface area contributed by atoms with Crippen molar-refractivity contribution in [2.45, 2.75) is 27.3 Å². The molecule has 0 aliphatic rings. The molecule has 1 rings (SSSR count). The summed E-state index contributed by atoms with van der Waals surface area (Å²) >= 11 is 1.76. The molecule has 0 aliphatic carbocycles. The molecule has 14 heavy (non-hydrogen) atoms. The molecule has 0 amide bonds. The van der Waals surface area contributed by atoms with Gasteiger partial charge in [0.05, 0.1) is 11.5 Å². The van der Waals surface area contributed by atoms with Gasteiger partial charge in [0.15, 0.2) is 0 Å². The highest BCUT2D eigenvalue weighted by Gasteiger charge is 2.15. The number of nitrogens with zero attached hydrogens (tertiary/aromatic N) is 1. The Kier molecular flexibility index (Phi) is 3.68. The number of hydrogen-bond donors (Lipinski definition) is 1. The molecule has 2 nitrogen and oxygen atoms in total. The number of rotatable bonds is 4. The molecule has 0 aliphatic heterocycles. The molecule has 3 heteroatoms. The van der Waals surface area contributed by atoms with Crippen LogP contribution in [0.4, 0.5) is 0 Å². The van der Waals surface area contributed by atoms with Crippen molar-refractivity contribution in [3.63, 3.8) is 0 Å². The van der Waals surface area contributed by atoms with Gasteiger partial charge in [-0.2, -0.15) is 5.26 Å². The van der Waals surface area contributed by atoms with Crippen molar-refractivity contribution in [1.29, 1.82) is 5.26 Å². The van der Waals surface area contributed by atoms with Crippen LogP contribution in [0, 0.1) is 23.7 Å². The number of nitriles is 1. The van der Waals surface area contributed by atoms with Crippen molar-refractivity contribution in [2.75, 3.05) is 6.54 Å². The zero-order chi connectivity index (χ0) is 10.6. The quantitative estimate of drug-likeness (QED) is 0.825. The summed E-state index contributed by atoms with van der Waals surface area (Å²) in [6.45, 7) is 7.61. The normalized spacial score (nSPS) is 11.3. The van der Waals surface area contributed by atoms with E-state index < -0.39 is 0 Å². The highest BCUT2D eigenvalue weighted by Crippen LogP contribution is 2.16. The molecule has 0 radical (unpaired) electrons. The Morgan fingerprint density at radius 2 is 2.29 bits per heavy atom. The van der Waals surface area contributed by atoms with Crippen LogP contribution in [0.3, 0.4) is 0 Å². The summed E-state index contributed by atoms with van der Waals surface area (Å²) in [7, 11) is 0. The van der Waals surface area contributed by atoms with Crippen LogP contribution in [0.1, 0.15) is 24.3 Å². The molecule has 0 fully saturated rings. The largest absolute Gasteiger partial charge is 0.310 e. The van der Waals surface area contributed by atoms with E-state index in [4.69, 9.17) is 5.26 Å². The average molecular weight is 208 g/mol. The second-order valence-corrected chi connectivity index (χ2v) is 5.13. The van der Waals surface area contributed by atoms with Crippen molar-refractivity contribution in [3.8, 4) is 6.07 Å². The van der Waals surface area contributed by atoms with Crippen LogP contribution >= 0.6 is 11.3 Å². The third-order valence-corrected chi connectivity index (χ3v) is 3.15. The van der Waals surface area contributed by atoms with Crippen molar-refractivity contribution in [1.82, 2.24) is 5.32 Å². The van der Waals surface area contributed by atoms with Gasteiger partial charge in [-0.25, -0.2) is 0 Å².